The number of ether oxygens (including phenoxy) is 1. The standard InChI is InChI=1S/C10H6F3NO5/c11-6-2-3-7(19-10(12)13)5(1-4-8(15)16)9(6)14(17)18/h1-4,10H,(H,15,16)/b4-1+. The summed E-state index contributed by atoms with van der Waals surface area (Å²) in [6.07, 6.45) is 1.06. The van der Waals surface area contributed by atoms with E-state index in [2.05, 4.69) is 4.74 Å². The fourth-order valence-electron chi connectivity index (χ4n) is 1.26. The maximum atomic E-state index is 13.3. The molecule has 9 heteroatoms. The summed E-state index contributed by atoms with van der Waals surface area (Å²) in [7, 11) is 0. The fraction of sp³-hybridized carbons (Fsp3) is 0.100. The van der Waals surface area contributed by atoms with E-state index in [1.54, 1.807) is 0 Å². The van der Waals surface area contributed by atoms with Gasteiger partial charge in [0, 0.05) is 6.08 Å². The van der Waals surface area contributed by atoms with Gasteiger partial charge in [0.1, 0.15) is 5.75 Å². The van der Waals surface area contributed by atoms with E-state index in [1.165, 1.54) is 0 Å². The van der Waals surface area contributed by atoms with Gasteiger partial charge in [-0.05, 0) is 18.2 Å². The van der Waals surface area contributed by atoms with Crippen molar-refractivity contribution < 1.29 is 32.7 Å². The predicted octanol–water partition coefficient (Wildman–Crippen LogP) is 2.43. The van der Waals surface area contributed by atoms with Gasteiger partial charge in [-0.25, -0.2) is 4.79 Å². The molecule has 1 N–H and O–H groups in total. The Bertz CT molecular complexity index is 544. The number of carboxylic acids is 1. The summed E-state index contributed by atoms with van der Waals surface area (Å²) in [5, 5.41) is 19.1. The number of rotatable bonds is 5. The van der Waals surface area contributed by atoms with E-state index in [9.17, 15) is 28.1 Å². The van der Waals surface area contributed by atoms with Crippen LogP contribution in [0.4, 0.5) is 18.9 Å². The smallest absolute Gasteiger partial charge is 0.387 e. The van der Waals surface area contributed by atoms with Crippen molar-refractivity contribution in [2.45, 2.75) is 6.61 Å². The van der Waals surface area contributed by atoms with Crippen molar-refractivity contribution in [3.8, 4) is 5.75 Å². The Kier molecular flexibility index (Phi) is 4.46. The first-order chi connectivity index (χ1) is 8.82. The van der Waals surface area contributed by atoms with Crippen LogP contribution in [0.1, 0.15) is 5.56 Å². The minimum atomic E-state index is -3.29. The number of halogens is 3. The average molecular weight is 277 g/mol. The monoisotopic (exact) mass is 277 g/mol. The summed E-state index contributed by atoms with van der Waals surface area (Å²) >= 11 is 0. The molecule has 0 saturated heterocycles. The number of hydrogen-bond acceptors (Lipinski definition) is 4. The average Bonchev–Trinajstić information content (AvgIpc) is 2.27. The van der Waals surface area contributed by atoms with E-state index in [1.807, 2.05) is 0 Å². The molecule has 0 unspecified atom stereocenters. The van der Waals surface area contributed by atoms with Gasteiger partial charge in [0.2, 0.25) is 5.82 Å². The van der Waals surface area contributed by atoms with Gasteiger partial charge in [-0.1, -0.05) is 0 Å². The van der Waals surface area contributed by atoms with Crippen LogP contribution in [0.2, 0.25) is 0 Å². The number of nitrogens with zero attached hydrogens (tertiary/aromatic N) is 1. The van der Waals surface area contributed by atoms with Crippen LogP contribution in [-0.4, -0.2) is 22.6 Å². The molecular formula is C10H6F3NO5. The SMILES string of the molecule is O=C(O)/C=C/c1c(OC(F)F)ccc(F)c1[N+](=O)[O-]. The number of carboxylic acid groups (broad SMARTS) is 1. The van der Waals surface area contributed by atoms with Crippen LogP contribution in [-0.2, 0) is 4.79 Å². The van der Waals surface area contributed by atoms with E-state index in [0.29, 0.717) is 18.2 Å². The molecular weight excluding hydrogens is 271 g/mol. The molecule has 0 aliphatic carbocycles. The normalized spacial score (nSPS) is 10.9. The molecule has 19 heavy (non-hydrogen) atoms. The van der Waals surface area contributed by atoms with Gasteiger partial charge < -0.3 is 9.84 Å². The van der Waals surface area contributed by atoms with Crippen molar-refractivity contribution in [2.75, 3.05) is 0 Å². The first-order valence-electron chi connectivity index (χ1n) is 4.65. The van der Waals surface area contributed by atoms with E-state index >= 15 is 0 Å². The Hall–Kier alpha value is -2.58. The molecule has 6 nitrogen and oxygen atoms in total. The van der Waals surface area contributed by atoms with Crippen LogP contribution in [0, 0.1) is 15.9 Å². The zero-order chi connectivity index (χ0) is 14.6. The van der Waals surface area contributed by atoms with E-state index in [4.69, 9.17) is 5.11 Å². The van der Waals surface area contributed by atoms with Crippen LogP contribution in [0.3, 0.4) is 0 Å². The highest BCUT2D eigenvalue weighted by atomic mass is 19.3. The molecule has 0 radical (unpaired) electrons. The number of benzene rings is 1. The third kappa shape index (κ3) is 3.69. The summed E-state index contributed by atoms with van der Waals surface area (Å²) in [5.74, 6) is -3.47. The first-order valence-corrected chi connectivity index (χ1v) is 4.65. The van der Waals surface area contributed by atoms with Gasteiger partial charge in [0.15, 0.2) is 0 Å². The van der Waals surface area contributed by atoms with Gasteiger partial charge in [0.25, 0.3) is 0 Å². The summed E-state index contributed by atoms with van der Waals surface area (Å²) < 4.78 is 41.5. The second-order valence-electron chi connectivity index (χ2n) is 3.11. The van der Waals surface area contributed by atoms with Crippen LogP contribution in [0.15, 0.2) is 18.2 Å². The predicted molar refractivity (Wildman–Crippen MR) is 56.4 cm³/mol. The van der Waals surface area contributed by atoms with Crippen LogP contribution in [0.25, 0.3) is 6.08 Å². The molecule has 0 bridgehead atoms. The lowest BCUT2D eigenvalue weighted by Gasteiger charge is -2.08. The van der Waals surface area contributed by atoms with Gasteiger partial charge in [-0.3, -0.25) is 10.1 Å². The number of nitro benzene ring substituents is 1. The molecule has 1 aromatic carbocycles. The van der Waals surface area contributed by atoms with Crippen LogP contribution < -0.4 is 4.74 Å². The number of carbonyl (C=O) groups is 1. The highest BCUT2D eigenvalue weighted by molar-refractivity contribution is 5.87. The Balaban J connectivity index is 3.43. The second kappa shape index (κ2) is 5.85. The van der Waals surface area contributed by atoms with Crippen molar-refractivity contribution in [1.82, 2.24) is 0 Å². The zero-order valence-corrected chi connectivity index (χ0v) is 9.05. The lowest BCUT2D eigenvalue weighted by atomic mass is 10.1. The molecule has 102 valence electrons. The lowest BCUT2D eigenvalue weighted by molar-refractivity contribution is -0.387. The molecule has 0 aliphatic heterocycles. The van der Waals surface area contributed by atoms with E-state index in [0.717, 1.165) is 6.07 Å². The molecule has 0 atom stereocenters. The number of alkyl halides is 2. The van der Waals surface area contributed by atoms with E-state index in [-0.39, 0.29) is 0 Å². The van der Waals surface area contributed by atoms with Crippen LogP contribution in [0.5, 0.6) is 5.75 Å². The molecule has 0 spiro atoms. The van der Waals surface area contributed by atoms with Gasteiger partial charge in [0.05, 0.1) is 10.5 Å². The molecule has 1 rings (SSSR count). The van der Waals surface area contributed by atoms with Gasteiger partial charge >= 0.3 is 18.3 Å². The fourth-order valence-corrected chi connectivity index (χ4v) is 1.26. The summed E-state index contributed by atoms with van der Waals surface area (Å²) in [5.41, 5.74) is -1.83. The minimum Gasteiger partial charge on any atom is -0.478 e. The van der Waals surface area contributed by atoms with Gasteiger partial charge in [-0.2, -0.15) is 13.2 Å². The summed E-state index contributed by atoms with van der Waals surface area (Å²) in [6, 6.07) is 1.32. The maximum Gasteiger partial charge on any atom is 0.387 e. The third-order valence-corrected chi connectivity index (χ3v) is 1.92. The van der Waals surface area contributed by atoms with Crippen molar-refractivity contribution in [3.63, 3.8) is 0 Å². The van der Waals surface area contributed by atoms with Crippen molar-refractivity contribution in [1.29, 1.82) is 0 Å². The number of hydrogen-bond donors (Lipinski definition) is 1. The maximum absolute atomic E-state index is 13.3. The second-order valence-corrected chi connectivity index (χ2v) is 3.11. The zero-order valence-electron chi connectivity index (χ0n) is 9.05. The van der Waals surface area contributed by atoms with Crippen molar-refractivity contribution in [2.24, 2.45) is 0 Å². The highest BCUT2D eigenvalue weighted by Gasteiger charge is 2.24. The molecule has 1 aromatic rings. The Labute approximate surface area is 103 Å². The quantitative estimate of drug-likeness (QED) is 0.507. The molecule has 0 aromatic heterocycles. The summed E-state index contributed by atoms with van der Waals surface area (Å²) in [6.45, 7) is -3.29. The molecule has 0 amide bonds. The lowest BCUT2D eigenvalue weighted by Crippen LogP contribution is -2.06. The van der Waals surface area contributed by atoms with Crippen LogP contribution >= 0.6 is 0 Å². The highest BCUT2D eigenvalue weighted by Crippen LogP contribution is 2.33. The first kappa shape index (κ1) is 14.5. The van der Waals surface area contributed by atoms with Crippen molar-refractivity contribution in [3.05, 3.63) is 39.7 Å². The van der Waals surface area contributed by atoms with E-state index < -0.39 is 40.3 Å². The molecule has 0 heterocycles. The number of nitro groups is 1. The molecule has 0 fully saturated rings. The largest absolute Gasteiger partial charge is 0.478 e. The third-order valence-electron chi connectivity index (χ3n) is 1.92. The Morgan fingerprint density at radius 2 is 2.11 bits per heavy atom. The minimum absolute atomic E-state index is 0.445. The Morgan fingerprint density at radius 3 is 2.58 bits per heavy atom. The topological polar surface area (TPSA) is 89.7 Å². The molecule has 0 aliphatic rings. The summed E-state index contributed by atoms with van der Waals surface area (Å²) in [4.78, 5) is 19.8. The molecule has 0 saturated carbocycles. The van der Waals surface area contributed by atoms with Crippen molar-refractivity contribution >= 4 is 17.7 Å². The Morgan fingerprint density at radius 1 is 1.47 bits per heavy atom. The number of aliphatic carboxylic acids is 1. The van der Waals surface area contributed by atoms with Gasteiger partial charge in [-0.15, -0.1) is 0 Å².